The number of rotatable bonds is 8. The first-order chi connectivity index (χ1) is 8.85. The zero-order valence-electron chi connectivity index (χ0n) is 13.1. The average molecular weight is 268 g/mol. The largest absolute Gasteiger partial charge is 0.383 e. The highest BCUT2D eigenvalue weighted by molar-refractivity contribution is 5.27. The first-order valence-electron chi connectivity index (χ1n) is 6.76. The van der Waals surface area contributed by atoms with Crippen LogP contribution in [0.4, 0.5) is 5.95 Å². The fraction of sp³-hybridized carbons (Fsp3) is 0.786. The second-order valence-corrected chi connectivity index (χ2v) is 6.22. The molecule has 1 aromatic rings. The van der Waals surface area contributed by atoms with E-state index in [1.165, 1.54) is 0 Å². The van der Waals surface area contributed by atoms with E-state index < -0.39 is 0 Å². The van der Waals surface area contributed by atoms with E-state index in [2.05, 4.69) is 54.6 Å². The Hall–Kier alpha value is -1.07. The third kappa shape index (κ3) is 5.20. The molecule has 0 aromatic carbocycles. The molecule has 1 aromatic heterocycles. The van der Waals surface area contributed by atoms with Gasteiger partial charge in [0.25, 0.3) is 0 Å². The molecule has 0 aliphatic carbocycles. The Balaban J connectivity index is 2.61. The molecule has 5 nitrogen and oxygen atoms in total. The van der Waals surface area contributed by atoms with Crippen molar-refractivity contribution in [1.82, 2.24) is 14.5 Å². The second kappa shape index (κ2) is 6.91. The Morgan fingerprint density at radius 2 is 2.16 bits per heavy atom. The molecule has 19 heavy (non-hydrogen) atoms. The highest BCUT2D eigenvalue weighted by Crippen LogP contribution is 2.19. The topological polar surface area (TPSA) is 42.3 Å². The molecule has 0 aliphatic heterocycles. The van der Waals surface area contributed by atoms with Crippen LogP contribution in [0.5, 0.6) is 0 Å². The van der Waals surface area contributed by atoms with Crippen molar-refractivity contribution in [2.75, 3.05) is 46.2 Å². The number of ether oxygens (including phenoxy) is 1. The van der Waals surface area contributed by atoms with Crippen LogP contribution in [0, 0.1) is 5.41 Å². The monoisotopic (exact) mass is 268 g/mol. The highest BCUT2D eigenvalue weighted by Gasteiger charge is 2.20. The zero-order chi connectivity index (χ0) is 14.5. The van der Waals surface area contributed by atoms with Gasteiger partial charge in [0, 0.05) is 32.6 Å². The summed E-state index contributed by atoms with van der Waals surface area (Å²) in [6.45, 7) is 9.25. The van der Waals surface area contributed by atoms with Crippen molar-refractivity contribution in [2.45, 2.75) is 26.8 Å². The van der Waals surface area contributed by atoms with E-state index in [0.29, 0.717) is 6.61 Å². The quantitative estimate of drug-likeness (QED) is 0.784. The number of hydrogen-bond acceptors (Lipinski definition) is 4. The summed E-state index contributed by atoms with van der Waals surface area (Å²) in [5.74, 6) is 0.913. The Morgan fingerprint density at radius 3 is 2.74 bits per heavy atom. The molecule has 0 aliphatic rings. The minimum absolute atomic E-state index is 0.199. The molecule has 110 valence electrons. The van der Waals surface area contributed by atoms with Gasteiger partial charge in [-0.3, -0.25) is 0 Å². The molecule has 0 amide bonds. The third-order valence-corrected chi connectivity index (χ3v) is 3.02. The van der Waals surface area contributed by atoms with Gasteiger partial charge < -0.3 is 19.5 Å². The second-order valence-electron chi connectivity index (χ2n) is 6.22. The lowest BCUT2D eigenvalue weighted by Gasteiger charge is -2.29. The lowest BCUT2D eigenvalue weighted by molar-refractivity contribution is 0.163. The number of methoxy groups -OCH3 is 1. The van der Waals surface area contributed by atoms with Gasteiger partial charge in [0.2, 0.25) is 5.95 Å². The van der Waals surface area contributed by atoms with Gasteiger partial charge in [-0.1, -0.05) is 13.8 Å². The van der Waals surface area contributed by atoms with Crippen molar-refractivity contribution in [3.63, 3.8) is 0 Å². The molecule has 0 bridgehead atoms. The summed E-state index contributed by atoms with van der Waals surface area (Å²) in [7, 11) is 5.92. The van der Waals surface area contributed by atoms with Gasteiger partial charge in [0.15, 0.2) is 0 Å². The molecule has 1 atom stereocenters. The standard InChI is InChI=1S/C14H28N4O/c1-12(9-19-6)18-8-7-15-13(18)16-10-14(2,3)11-17(4)5/h7-8,12H,9-11H2,1-6H3,(H,15,16). The van der Waals surface area contributed by atoms with Gasteiger partial charge >= 0.3 is 0 Å². The molecule has 0 saturated carbocycles. The molecule has 5 heteroatoms. The average Bonchev–Trinajstić information content (AvgIpc) is 2.73. The van der Waals surface area contributed by atoms with E-state index in [1.54, 1.807) is 7.11 Å². The molecule has 1 rings (SSSR count). The number of nitrogens with one attached hydrogen (secondary N) is 1. The Kier molecular flexibility index (Phi) is 5.82. The van der Waals surface area contributed by atoms with Crippen LogP contribution in [-0.2, 0) is 4.74 Å². The van der Waals surface area contributed by atoms with Crippen LogP contribution in [0.3, 0.4) is 0 Å². The van der Waals surface area contributed by atoms with Crippen LogP contribution in [0.25, 0.3) is 0 Å². The smallest absolute Gasteiger partial charge is 0.203 e. The Morgan fingerprint density at radius 1 is 1.47 bits per heavy atom. The number of aromatic nitrogens is 2. The Labute approximate surface area is 117 Å². The summed E-state index contributed by atoms with van der Waals surface area (Å²) < 4.78 is 7.32. The molecule has 1 unspecified atom stereocenters. The number of anilines is 1. The molecular weight excluding hydrogens is 240 g/mol. The fourth-order valence-electron chi connectivity index (χ4n) is 2.36. The SMILES string of the molecule is COCC(C)n1ccnc1NCC(C)(C)CN(C)C. The highest BCUT2D eigenvalue weighted by atomic mass is 16.5. The van der Waals surface area contributed by atoms with Crippen molar-refractivity contribution in [3.05, 3.63) is 12.4 Å². The van der Waals surface area contributed by atoms with Gasteiger partial charge in [-0.25, -0.2) is 4.98 Å². The Bertz CT molecular complexity index is 373. The first-order valence-corrected chi connectivity index (χ1v) is 6.76. The number of nitrogens with zero attached hydrogens (tertiary/aromatic N) is 3. The van der Waals surface area contributed by atoms with Gasteiger partial charge in [-0.05, 0) is 26.4 Å². The number of hydrogen-bond donors (Lipinski definition) is 1. The summed E-state index contributed by atoms with van der Waals surface area (Å²) in [5, 5.41) is 3.45. The molecule has 0 saturated heterocycles. The predicted molar refractivity (Wildman–Crippen MR) is 79.6 cm³/mol. The summed E-state index contributed by atoms with van der Waals surface area (Å²) >= 11 is 0. The van der Waals surface area contributed by atoms with E-state index in [1.807, 2.05) is 12.4 Å². The summed E-state index contributed by atoms with van der Waals surface area (Å²) in [6.07, 6.45) is 3.82. The van der Waals surface area contributed by atoms with E-state index in [4.69, 9.17) is 4.74 Å². The molecule has 1 N–H and O–H groups in total. The normalized spacial score (nSPS) is 13.8. The lowest BCUT2D eigenvalue weighted by Crippen LogP contribution is -2.35. The maximum absolute atomic E-state index is 5.20. The molecule has 0 fully saturated rings. The molecule has 0 radical (unpaired) electrons. The molecular formula is C14H28N4O. The van der Waals surface area contributed by atoms with E-state index in [9.17, 15) is 0 Å². The first kappa shape index (κ1) is 16.0. The van der Waals surface area contributed by atoms with Crippen LogP contribution in [0.2, 0.25) is 0 Å². The maximum atomic E-state index is 5.20. The summed E-state index contributed by atoms with van der Waals surface area (Å²) in [6, 6.07) is 0.284. The van der Waals surface area contributed by atoms with Gasteiger partial charge in [-0.15, -0.1) is 0 Å². The predicted octanol–water partition coefficient (Wildman–Crippen LogP) is 2.09. The van der Waals surface area contributed by atoms with E-state index in [-0.39, 0.29) is 11.5 Å². The van der Waals surface area contributed by atoms with Crippen molar-refractivity contribution in [2.24, 2.45) is 5.41 Å². The maximum Gasteiger partial charge on any atom is 0.203 e. The van der Waals surface area contributed by atoms with Gasteiger partial charge in [-0.2, -0.15) is 0 Å². The molecule has 1 heterocycles. The van der Waals surface area contributed by atoms with Crippen LogP contribution < -0.4 is 5.32 Å². The fourth-order valence-corrected chi connectivity index (χ4v) is 2.36. The van der Waals surface area contributed by atoms with E-state index >= 15 is 0 Å². The minimum atomic E-state index is 0.199. The summed E-state index contributed by atoms with van der Waals surface area (Å²) in [4.78, 5) is 6.59. The lowest BCUT2D eigenvalue weighted by atomic mass is 9.93. The van der Waals surface area contributed by atoms with Crippen LogP contribution in [0.15, 0.2) is 12.4 Å². The van der Waals surface area contributed by atoms with Gasteiger partial charge in [0.1, 0.15) is 0 Å². The van der Waals surface area contributed by atoms with Crippen molar-refractivity contribution in [3.8, 4) is 0 Å². The zero-order valence-corrected chi connectivity index (χ0v) is 13.1. The third-order valence-electron chi connectivity index (χ3n) is 3.02. The minimum Gasteiger partial charge on any atom is -0.383 e. The van der Waals surface area contributed by atoms with Gasteiger partial charge in [0.05, 0.1) is 12.6 Å². The van der Waals surface area contributed by atoms with Crippen LogP contribution >= 0.6 is 0 Å². The van der Waals surface area contributed by atoms with E-state index in [0.717, 1.165) is 19.0 Å². The summed E-state index contributed by atoms with van der Waals surface area (Å²) in [5.41, 5.74) is 0.199. The molecule has 0 spiro atoms. The van der Waals surface area contributed by atoms with Crippen molar-refractivity contribution in [1.29, 1.82) is 0 Å². The number of imidazole rings is 1. The van der Waals surface area contributed by atoms with Crippen molar-refractivity contribution < 1.29 is 4.74 Å². The van der Waals surface area contributed by atoms with Crippen LogP contribution in [-0.4, -0.2) is 55.4 Å². The van der Waals surface area contributed by atoms with Crippen molar-refractivity contribution >= 4 is 5.95 Å². The van der Waals surface area contributed by atoms with Crippen LogP contribution in [0.1, 0.15) is 26.8 Å².